The Kier molecular flexibility index (Phi) is 10.1. The molecule has 2 rings (SSSR count). The van der Waals surface area contributed by atoms with Crippen molar-refractivity contribution in [2.75, 3.05) is 26.4 Å². The standard InChI is InChI=1S/C23H30O5/c1-19(13-25-17-21-9-5-3-6-10-21)15-27-23(24)28-16-20(2)14-26-18-22-11-7-4-8-12-22/h3-12,19-20H,13-18H2,1-2H3. The molecule has 0 aliphatic rings. The third-order valence-corrected chi connectivity index (χ3v) is 4.00. The van der Waals surface area contributed by atoms with Gasteiger partial charge in [0.2, 0.25) is 0 Å². The van der Waals surface area contributed by atoms with E-state index in [1.165, 1.54) is 0 Å². The Bertz CT molecular complexity index is 602. The van der Waals surface area contributed by atoms with Crippen LogP contribution in [-0.2, 0) is 32.2 Å². The van der Waals surface area contributed by atoms with Crippen molar-refractivity contribution in [3.63, 3.8) is 0 Å². The van der Waals surface area contributed by atoms with Gasteiger partial charge in [-0.05, 0) is 11.1 Å². The highest BCUT2D eigenvalue weighted by molar-refractivity contribution is 5.59. The van der Waals surface area contributed by atoms with Crippen LogP contribution in [0.2, 0.25) is 0 Å². The van der Waals surface area contributed by atoms with E-state index in [0.717, 1.165) is 11.1 Å². The second kappa shape index (κ2) is 12.9. The van der Waals surface area contributed by atoms with Crippen molar-refractivity contribution >= 4 is 6.16 Å². The van der Waals surface area contributed by atoms with Gasteiger partial charge in [-0.15, -0.1) is 0 Å². The fraction of sp³-hybridized carbons (Fsp3) is 0.435. The van der Waals surface area contributed by atoms with Crippen LogP contribution in [0.25, 0.3) is 0 Å². The SMILES string of the molecule is CC(COCc1ccccc1)COC(=O)OCC(C)COCc1ccccc1. The highest BCUT2D eigenvalue weighted by Gasteiger charge is 2.11. The molecular weight excluding hydrogens is 356 g/mol. The van der Waals surface area contributed by atoms with Gasteiger partial charge < -0.3 is 18.9 Å². The molecule has 0 heterocycles. The van der Waals surface area contributed by atoms with Crippen molar-refractivity contribution in [2.24, 2.45) is 11.8 Å². The van der Waals surface area contributed by atoms with Crippen molar-refractivity contribution < 1.29 is 23.7 Å². The van der Waals surface area contributed by atoms with E-state index < -0.39 is 6.16 Å². The topological polar surface area (TPSA) is 54.0 Å². The summed E-state index contributed by atoms with van der Waals surface area (Å²) in [6.45, 7) is 6.62. The van der Waals surface area contributed by atoms with E-state index in [1.54, 1.807) is 0 Å². The smallest absolute Gasteiger partial charge is 0.434 e. The Morgan fingerprint density at radius 3 is 1.46 bits per heavy atom. The van der Waals surface area contributed by atoms with Gasteiger partial charge in [0, 0.05) is 11.8 Å². The molecule has 0 aliphatic carbocycles. The van der Waals surface area contributed by atoms with Crippen molar-refractivity contribution in [1.29, 1.82) is 0 Å². The van der Waals surface area contributed by atoms with Crippen LogP contribution in [-0.4, -0.2) is 32.6 Å². The van der Waals surface area contributed by atoms with E-state index >= 15 is 0 Å². The van der Waals surface area contributed by atoms with Crippen LogP contribution in [0.3, 0.4) is 0 Å². The molecule has 0 aromatic heterocycles. The largest absolute Gasteiger partial charge is 0.508 e. The molecule has 5 heteroatoms. The van der Waals surface area contributed by atoms with E-state index in [0.29, 0.717) is 26.4 Å². The number of ether oxygens (including phenoxy) is 4. The molecule has 2 atom stereocenters. The molecule has 0 saturated carbocycles. The highest BCUT2D eigenvalue weighted by Crippen LogP contribution is 2.06. The molecule has 0 aliphatic heterocycles. The number of hydrogen-bond donors (Lipinski definition) is 0. The summed E-state index contributed by atoms with van der Waals surface area (Å²) < 4.78 is 21.6. The number of carbonyl (C=O) groups excluding carboxylic acids is 1. The summed E-state index contributed by atoms with van der Waals surface area (Å²) in [7, 11) is 0. The predicted molar refractivity (Wildman–Crippen MR) is 108 cm³/mol. The lowest BCUT2D eigenvalue weighted by Crippen LogP contribution is -2.20. The summed E-state index contributed by atoms with van der Waals surface area (Å²) in [5.74, 6) is 0.200. The first kappa shape index (κ1) is 21.9. The lowest BCUT2D eigenvalue weighted by Gasteiger charge is -2.15. The van der Waals surface area contributed by atoms with Crippen LogP contribution < -0.4 is 0 Å². The van der Waals surface area contributed by atoms with Crippen LogP contribution in [0.1, 0.15) is 25.0 Å². The average Bonchev–Trinajstić information content (AvgIpc) is 2.72. The summed E-state index contributed by atoms with van der Waals surface area (Å²) in [5, 5.41) is 0. The fourth-order valence-corrected chi connectivity index (χ4v) is 2.46. The van der Waals surface area contributed by atoms with Gasteiger partial charge in [-0.2, -0.15) is 0 Å². The Hall–Kier alpha value is -2.37. The highest BCUT2D eigenvalue weighted by atomic mass is 16.7. The van der Waals surface area contributed by atoms with Gasteiger partial charge in [0.25, 0.3) is 0 Å². The molecule has 0 bridgehead atoms. The van der Waals surface area contributed by atoms with Crippen LogP contribution in [0, 0.1) is 11.8 Å². The molecule has 0 amide bonds. The maximum Gasteiger partial charge on any atom is 0.508 e. The molecule has 152 valence electrons. The minimum atomic E-state index is -0.648. The first-order valence-corrected chi connectivity index (χ1v) is 9.66. The van der Waals surface area contributed by atoms with E-state index in [9.17, 15) is 4.79 Å². The summed E-state index contributed by atoms with van der Waals surface area (Å²) in [5.41, 5.74) is 2.25. The predicted octanol–water partition coefficient (Wildman–Crippen LogP) is 4.85. The molecule has 0 N–H and O–H groups in total. The van der Waals surface area contributed by atoms with Gasteiger partial charge in [0.15, 0.2) is 0 Å². The van der Waals surface area contributed by atoms with Crippen LogP contribution in [0.15, 0.2) is 60.7 Å². The number of carbonyl (C=O) groups is 1. The first-order valence-electron chi connectivity index (χ1n) is 9.66. The summed E-state index contributed by atoms with van der Waals surface area (Å²) in [6.07, 6.45) is -0.648. The molecule has 5 nitrogen and oxygen atoms in total. The second-order valence-electron chi connectivity index (χ2n) is 7.08. The lowest BCUT2D eigenvalue weighted by atomic mass is 10.2. The normalized spacial score (nSPS) is 12.9. The Labute approximate surface area is 167 Å². The number of hydrogen-bond acceptors (Lipinski definition) is 5. The van der Waals surface area contributed by atoms with Gasteiger partial charge in [-0.3, -0.25) is 0 Å². The number of rotatable bonds is 12. The molecule has 0 radical (unpaired) electrons. The molecule has 0 saturated heterocycles. The zero-order valence-corrected chi connectivity index (χ0v) is 16.7. The average molecular weight is 386 g/mol. The number of benzene rings is 2. The minimum Gasteiger partial charge on any atom is -0.434 e. The van der Waals surface area contributed by atoms with E-state index in [4.69, 9.17) is 18.9 Å². The quantitative estimate of drug-likeness (QED) is 0.488. The monoisotopic (exact) mass is 386 g/mol. The third kappa shape index (κ3) is 9.53. The molecule has 0 spiro atoms. The second-order valence-corrected chi connectivity index (χ2v) is 7.08. The van der Waals surface area contributed by atoms with E-state index in [-0.39, 0.29) is 25.0 Å². The van der Waals surface area contributed by atoms with Crippen molar-refractivity contribution in [3.05, 3.63) is 71.8 Å². The molecule has 2 aromatic carbocycles. The van der Waals surface area contributed by atoms with Gasteiger partial charge in [0.05, 0.1) is 39.6 Å². The Balaban J connectivity index is 1.49. The van der Waals surface area contributed by atoms with Crippen molar-refractivity contribution in [1.82, 2.24) is 0 Å². The molecule has 2 unspecified atom stereocenters. The van der Waals surface area contributed by atoms with Crippen molar-refractivity contribution in [2.45, 2.75) is 27.1 Å². The van der Waals surface area contributed by atoms with E-state index in [1.807, 2.05) is 74.5 Å². The van der Waals surface area contributed by atoms with Gasteiger partial charge in [0.1, 0.15) is 0 Å². The maximum absolute atomic E-state index is 11.7. The fourth-order valence-electron chi connectivity index (χ4n) is 2.46. The molecule has 28 heavy (non-hydrogen) atoms. The molecule has 0 fully saturated rings. The van der Waals surface area contributed by atoms with E-state index in [2.05, 4.69) is 0 Å². The van der Waals surface area contributed by atoms with Crippen molar-refractivity contribution in [3.8, 4) is 0 Å². The van der Waals surface area contributed by atoms with Crippen LogP contribution in [0.5, 0.6) is 0 Å². The lowest BCUT2D eigenvalue weighted by molar-refractivity contribution is 0.00795. The molecular formula is C23H30O5. The summed E-state index contributed by atoms with van der Waals surface area (Å²) in [4.78, 5) is 11.7. The first-order chi connectivity index (χ1) is 13.6. The van der Waals surface area contributed by atoms with Gasteiger partial charge in [-0.25, -0.2) is 4.79 Å². The third-order valence-electron chi connectivity index (χ3n) is 4.00. The molecule has 2 aromatic rings. The Morgan fingerprint density at radius 2 is 1.07 bits per heavy atom. The summed E-state index contributed by atoms with van der Waals surface area (Å²) in [6, 6.07) is 19.9. The van der Waals surface area contributed by atoms with Crippen LogP contribution in [0.4, 0.5) is 4.79 Å². The van der Waals surface area contributed by atoms with Gasteiger partial charge in [-0.1, -0.05) is 74.5 Å². The summed E-state index contributed by atoms with van der Waals surface area (Å²) >= 11 is 0. The van der Waals surface area contributed by atoms with Crippen LogP contribution >= 0.6 is 0 Å². The Morgan fingerprint density at radius 1 is 0.679 bits per heavy atom. The zero-order chi connectivity index (χ0) is 20.0. The maximum atomic E-state index is 11.7. The van der Waals surface area contributed by atoms with Gasteiger partial charge >= 0.3 is 6.16 Å². The zero-order valence-electron chi connectivity index (χ0n) is 16.7. The minimum absolute atomic E-state index is 0.0999.